The Morgan fingerprint density at radius 2 is 1.78 bits per heavy atom. The molecule has 0 aromatic heterocycles. The van der Waals surface area contributed by atoms with Crippen LogP contribution >= 0.6 is 0 Å². The lowest BCUT2D eigenvalue weighted by Crippen LogP contribution is -2.43. The summed E-state index contributed by atoms with van der Waals surface area (Å²) in [6.07, 6.45) is 1.82. The van der Waals surface area contributed by atoms with Gasteiger partial charge in [-0.1, -0.05) is 19.9 Å². The third-order valence-corrected chi connectivity index (χ3v) is 6.37. The number of hydrogen-bond acceptors (Lipinski definition) is 3. The number of carbonyl (C=O) groups excluding carboxylic acids is 1. The molecule has 1 amide bonds. The van der Waals surface area contributed by atoms with Crippen LogP contribution in [0.2, 0.25) is 0 Å². The first-order valence-electron chi connectivity index (χ1n) is 8.01. The molecule has 2 rings (SSSR count). The number of sulfonamides is 1. The van der Waals surface area contributed by atoms with Crippen LogP contribution < -0.4 is 0 Å². The molecule has 1 aromatic carbocycles. The lowest BCUT2D eigenvalue weighted by molar-refractivity contribution is 0.0827. The lowest BCUT2D eigenvalue weighted by Gasteiger charge is -2.31. The zero-order valence-electron chi connectivity index (χ0n) is 14.5. The van der Waals surface area contributed by atoms with Crippen LogP contribution in [-0.4, -0.2) is 49.7 Å². The molecule has 1 fully saturated rings. The van der Waals surface area contributed by atoms with Crippen LogP contribution in [0, 0.1) is 5.92 Å². The van der Waals surface area contributed by atoms with Crippen molar-refractivity contribution >= 4 is 15.9 Å². The second-order valence-corrected chi connectivity index (χ2v) is 8.62. The first-order valence-corrected chi connectivity index (χ1v) is 9.45. The molecule has 1 aliphatic carbocycles. The van der Waals surface area contributed by atoms with Gasteiger partial charge in [-0.05, 0) is 43.9 Å². The molecule has 0 aliphatic heterocycles. The van der Waals surface area contributed by atoms with Crippen molar-refractivity contribution in [1.82, 2.24) is 9.21 Å². The van der Waals surface area contributed by atoms with Crippen LogP contribution in [0.5, 0.6) is 0 Å². The predicted molar refractivity (Wildman–Crippen MR) is 90.8 cm³/mol. The van der Waals surface area contributed by atoms with E-state index in [-0.39, 0.29) is 28.8 Å². The summed E-state index contributed by atoms with van der Waals surface area (Å²) in [6, 6.07) is 6.36. The van der Waals surface area contributed by atoms with Crippen LogP contribution in [0.3, 0.4) is 0 Å². The average Bonchev–Trinajstić information content (AvgIpc) is 3.30. The fourth-order valence-electron chi connectivity index (χ4n) is 2.54. The molecule has 6 heteroatoms. The van der Waals surface area contributed by atoms with Gasteiger partial charge >= 0.3 is 0 Å². The first kappa shape index (κ1) is 17.9. The molecular weight excluding hydrogens is 312 g/mol. The Hall–Kier alpha value is -1.40. The zero-order chi connectivity index (χ0) is 17.4. The Morgan fingerprint density at radius 3 is 2.26 bits per heavy atom. The molecule has 0 saturated heterocycles. The Labute approximate surface area is 139 Å². The number of benzene rings is 1. The molecule has 0 N–H and O–H groups in total. The molecular formula is C17H26N2O3S. The van der Waals surface area contributed by atoms with Gasteiger partial charge in [0.25, 0.3) is 5.91 Å². The topological polar surface area (TPSA) is 57.7 Å². The summed E-state index contributed by atoms with van der Waals surface area (Å²) in [4.78, 5) is 13.7. The Bertz CT molecular complexity index is 679. The van der Waals surface area contributed by atoms with Crippen LogP contribution in [0.1, 0.15) is 44.0 Å². The maximum atomic E-state index is 13.1. The lowest BCUT2D eigenvalue weighted by atomic mass is 10.1. The van der Waals surface area contributed by atoms with Crippen molar-refractivity contribution in [3.63, 3.8) is 0 Å². The zero-order valence-corrected chi connectivity index (χ0v) is 15.3. The number of amides is 1. The van der Waals surface area contributed by atoms with E-state index in [9.17, 15) is 13.2 Å². The second kappa shape index (κ2) is 6.61. The van der Waals surface area contributed by atoms with Crippen LogP contribution in [-0.2, 0) is 10.0 Å². The summed E-state index contributed by atoms with van der Waals surface area (Å²) < 4.78 is 27.8. The molecule has 0 bridgehead atoms. The molecule has 0 radical (unpaired) electrons. The maximum Gasteiger partial charge on any atom is 0.253 e. The van der Waals surface area contributed by atoms with E-state index in [1.807, 2.05) is 20.8 Å². The predicted octanol–water partition coefficient (Wildman–Crippen LogP) is 2.59. The molecule has 128 valence electrons. The van der Waals surface area contributed by atoms with Crippen molar-refractivity contribution in [1.29, 1.82) is 0 Å². The highest BCUT2D eigenvalue weighted by molar-refractivity contribution is 7.89. The average molecular weight is 338 g/mol. The summed E-state index contributed by atoms with van der Waals surface area (Å²) in [5.74, 6) is 0.0360. The Kier molecular flexibility index (Phi) is 5.16. The molecule has 1 atom stereocenters. The number of hydrogen-bond donors (Lipinski definition) is 0. The van der Waals surface area contributed by atoms with Crippen molar-refractivity contribution in [2.75, 3.05) is 14.1 Å². The van der Waals surface area contributed by atoms with E-state index in [4.69, 9.17) is 0 Å². The van der Waals surface area contributed by atoms with Crippen LogP contribution in [0.25, 0.3) is 0 Å². The number of carbonyl (C=O) groups is 1. The Balaban J connectivity index is 2.42. The first-order chi connectivity index (χ1) is 10.7. The molecule has 23 heavy (non-hydrogen) atoms. The fourth-order valence-corrected chi connectivity index (χ4v) is 4.59. The third kappa shape index (κ3) is 3.75. The normalized spacial score (nSPS) is 16.7. The third-order valence-electron chi connectivity index (χ3n) is 4.34. The minimum Gasteiger partial charge on any atom is -0.345 e. The highest BCUT2D eigenvalue weighted by atomic mass is 32.2. The smallest absolute Gasteiger partial charge is 0.253 e. The molecule has 0 spiro atoms. The molecule has 1 saturated carbocycles. The van der Waals surface area contributed by atoms with Crippen LogP contribution in [0.4, 0.5) is 0 Å². The van der Waals surface area contributed by atoms with Gasteiger partial charge in [0.1, 0.15) is 0 Å². The van der Waals surface area contributed by atoms with Gasteiger partial charge in [0.05, 0.1) is 4.90 Å². The van der Waals surface area contributed by atoms with Crippen molar-refractivity contribution in [3.8, 4) is 0 Å². The highest BCUT2D eigenvalue weighted by Gasteiger charge is 2.42. The molecule has 0 heterocycles. The highest BCUT2D eigenvalue weighted by Crippen LogP contribution is 2.35. The summed E-state index contributed by atoms with van der Waals surface area (Å²) in [7, 11) is -0.294. The van der Waals surface area contributed by atoms with Gasteiger partial charge in [-0.15, -0.1) is 0 Å². The summed E-state index contributed by atoms with van der Waals surface area (Å²) in [5.41, 5.74) is 0.393. The SMILES string of the molecule is CC(C)[C@H](C)N(C1CC1)S(=O)(=O)c1cccc(C(=O)N(C)C)c1. The van der Waals surface area contributed by atoms with Gasteiger partial charge in [0.2, 0.25) is 10.0 Å². The Morgan fingerprint density at radius 1 is 1.17 bits per heavy atom. The number of nitrogens with zero attached hydrogens (tertiary/aromatic N) is 2. The van der Waals surface area contributed by atoms with E-state index in [1.54, 1.807) is 36.6 Å². The quantitative estimate of drug-likeness (QED) is 0.801. The van der Waals surface area contributed by atoms with E-state index in [2.05, 4.69) is 0 Å². The standard InChI is InChI=1S/C17H26N2O3S/c1-12(2)13(3)19(15-9-10-15)23(21,22)16-8-6-7-14(11-16)17(20)18(4)5/h6-8,11-13,15H,9-10H2,1-5H3/t13-/m0/s1. The minimum atomic E-state index is -3.60. The summed E-state index contributed by atoms with van der Waals surface area (Å²) >= 11 is 0. The van der Waals surface area contributed by atoms with Crippen molar-refractivity contribution in [3.05, 3.63) is 29.8 Å². The van der Waals surface area contributed by atoms with E-state index in [0.29, 0.717) is 5.56 Å². The minimum absolute atomic E-state index is 0.0688. The maximum absolute atomic E-state index is 13.1. The largest absolute Gasteiger partial charge is 0.345 e. The fraction of sp³-hybridized carbons (Fsp3) is 0.588. The van der Waals surface area contributed by atoms with Crippen molar-refractivity contribution < 1.29 is 13.2 Å². The summed E-state index contributed by atoms with van der Waals surface area (Å²) in [5, 5.41) is 0. The molecule has 0 unspecified atom stereocenters. The van der Waals surface area contributed by atoms with Crippen LogP contribution in [0.15, 0.2) is 29.2 Å². The van der Waals surface area contributed by atoms with E-state index < -0.39 is 10.0 Å². The molecule has 1 aliphatic rings. The van der Waals surface area contributed by atoms with Gasteiger partial charge < -0.3 is 4.90 Å². The molecule has 1 aromatic rings. The van der Waals surface area contributed by atoms with Gasteiger partial charge in [-0.25, -0.2) is 8.42 Å². The van der Waals surface area contributed by atoms with Gasteiger partial charge in [-0.2, -0.15) is 4.31 Å². The van der Waals surface area contributed by atoms with E-state index >= 15 is 0 Å². The van der Waals surface area contributed by atoms with Gasteiger partial charge in [-0.3, -0.25) is 4.79 Å². The van der Waals surface area contributed by atoms with Gasteiger partial charge in [0, 0.05) is 31.7 Å². The number of rotatable bonds is 6. The molecule has 5 nitrogen and oxygen atoms in total. The van der Waals surface area contributed by atoms with Gasteiger partial charge in [0.15, 0.2) is 0 Å². The van der Waals surface area contributed by atoms with E-state index in [0.717, 1.165) is 12.8 Å². The monoisotopic (exact) mass is 338 g/mol. The second-order valence-electron chi connectivity index (χ2n) is 6.78. The van der Waals surface area contributed by atoms with Crippen molar-refractivity contribution in [2.24, 2.45) is 5.92 Å². The van der Waals surface area contributed by atoms with E-state index in [1.165, 1.54) is 11.0 Å². The van der Waals surface area contributed by atoms with Crippen molar-refractivity contribution in [2.45, 2.75) is 50.6 Å². The summed E-state index contributed by atoms with van der Waals surface area (Å²) in [6.45, 7) is 6.01.